The van der Waals surface area contributed by atoms with E-state index in [9.17, 15) is 5.26 Å². The Morgan fingerprint density at radius 2 is 1.50 bits per heavy atom. The number of allylic oxidation sites excluding steroid dienone is 5. The summed E-state index contributed by atoms with van der Waals surface area (Å²) >= 11 is 0. The van der Waals surface area contributed by atoms with E-state index in [1.54, 1.807) is 36.4 Å². The van der Waals surface area contributed by atoms with Gasteiger partial charge < -0.3 is 4.90 Å². The van der Waals surface area contributed by atoms with Gasteiger partial charge >= 0.3 is 0 Å². The number of nitriles is 5. The number of rotatable bonds is 5. The Morgan fingerprint density at radius 1 is 0.923 bits per heavy atom. The zero-order valence-corrected chi connectivity index (χ0v) is 14.3. The highest BCUT2D eigenvalue weighted by Gasteiger charge is 2.22. The Bertz CT molecular complexity index is 928. The maximum Gasteiger partial charge on any atom is 0.161 e. The van der Waals surface area contributed by atoms with Gasteiger partial charge in [-0.3, -0.25) is 0 Å². The molecule has 0 spiro atoms. The van der Waals surface area contributed by atoms with Gasteiger partial charge in [0.25, 0.3) is 0 Å². The summed E-state index contributed by atoms with van der Waals surface area (Å²) in [6.07, 6.45) is 4.69. The highest BCUT2D eigenvalue weighted by atomic mass is 15.1. The molecule has 0 radical (unpaired) electrons. The van der Waals surface area contributed by atoms with Crippen molar-refractivity contribution in [1.29, 1.82) is 26.3 Å². The highest BCUT2D eigenvalue weighted by Crippen LogP contribution is 2.23. The molecule has 0 saturated heterocycles. The number of hydrogen-bond acceptors (Lipinski definition) is 6. The van der Waals surface area contributed by atoms with Crippen molar-refractivity contribution in [3.63, 3.8) is 0 Å². The van der Waals surface area contributed by atoms with Crippen molar-refractivity contribution in [1.82, 2.24) is 0 Å². The minimum absolute atomic E-state index is 0.0719. The Hall–Kier alpha value is -4.31. The lowest BCUT2D eigenvalue weighted by Crippen LogP contribution is -2.07. The standard InChI is InChI=1S/C20H14N6/c1-26(2)19-8-6-15(7-9-19)4-3-5-16(10-21)20(17(11-22)12-23)18(13-24)14-25/h3-9,17H,1-2H3/b4-3+,16-5+. The van der Waals surface area contributed by atoms with Crippen molar-refractivity contribution in [3.05, 3.63) is 58.7 Å². The van der Waals surface area contributed by atoms with Gasteiger partial charge in [0.2, 0.25) is 0 Å². The van der Waals surface area contributed by atoms with Crippen LogP contribution >= 0.6 is 0 Å². The quantitative estimate of drug-likeness (QED) is 0.600. The molecule has 1 rings (SSSR count). The van der Waals surface area contributed by atoms with Crippen LogP contribution in [0.15, 0.2) is 53.1 Å². The van der Waals surface area contributed by atoms with Crippen molar-refractivity contribution in [3.8, 4) is 30.3 Å². The zero-order valence-electron chi connectivity index (χ0n) is 14.3. The second-order valence-electron chi connectivity index (χ2n) is 5.24. The average molecular weight is 338 g/mol. The first-order chi connectivity index (χ1) is 12.5. The molecule has 26 heavy (non-hydrogen) atoms. The molecule has 0 aliphatic heterocycles. The lowest BCUT2D eigenvalue weighted by atomic mass is 9.90. The molecule has 0 fully saturated rings. The molecule has 0 aliphatic rings. The van der Waals surface area contributed by atoms with Crippen molar-refractivity contribution in [2.24, 2.45) is 5.92 Å². The van der Waals surface area contributed by atoms with Crippen LogP contribution in [0.1, 0.15) is 5.56 Å². The largest absolute Gasteiger partial charge is 0.378 e. The van der Waals surface area contributed by atoms with Gasteiger partial charge in [-0.05, 0) is 23.8 Å². The van der Waals surface area contributed by atoms with Gasteiger partial charge in [-0.15, -0.1) is 0 Å². The molecule has 0 amide bonds. The first kappa shape index (κ1) is 19.7. The van der Waals surface area contributed by atoms with Crippen LogP contribution in [0.3, 0.4) is 0 Å². The van der Waals surface area contributed by atoms with Gasteiger partial charge in [-0.25, -0.2) is 0 Å². The number of hydrogen-bond donors (Lipinski definition) is 0. The molecule has 0 saturated carbocycles. The van der Waals surface area contributed by atoms with Gasteiger partial charge in [0.15, 0.2) is 5.92 Å². The van der Waals surface area contributed by atoms with Gasteiger partial charge in [0, 0.05) is 25.4 Å². The van der Waals surface area contributed by atoms with Gasteiger partial charge in [0.1, 0.15) is 17.7 Å². The summed E-state index contributed by atoms with van der Waals surface area (Å²) in [6, 6.07) is 16.2. The normalized spacial score (nSPS) is 10.2. The van der Waals surface area contributed by atoms with Crippen LogP contribution in [0.5, 0.6) is 0 Å². The van der Waals surface area contributed by atoms with Crippen LogP contribution in [0.25, 0.3) is 6.08 Å². The lowest BCUT2D eigenvalue weighted by Gasteiger charge is -2.11. The fraction of sp³-hybridized carbons (Fsp3) is 0.150. The lowest BCUT2D eigenvalue weighted by molar-refractivity contribution is 1.01. The fourth-order valence-electron chi connectivity index (χ4n) is 2.06. The fourth-order valence-corrected chi connectivity index (χ4v) is 2.06. The molecular formula is C20H14N6. The Morgan fingerprint density at radius 3 is 1.92 bits per heavy atom. The summed E-state index contributed by atoms with van der Waals surface area (Å²) < 4.78 is 0. The molecule has 0 N–H and O–H groups in total. The van der Waals surface area contributed by atoms with Crippen molar-refractivity contribution in [2.75, 3.05) is 19.0 Å². The summed E-state index contributed by atoms with van der Waals surface area (Å²) in [5, 5.41) is 45.6. The van der Waals surface area contributed by atoms with Gasteiger partial charge in [-0.2, -0.15) is 26.3 Å². The maximum atomic E-state index is 9.34. The van der Waals surface area contributed by atoms with E-state index < -0.39 is 11.5 Å². The second-order valence-corrected chi connectivity index (χ2v) is 5.24. The van der Waals surface area contributed by atoms with E-state index in [1.165, 1.54) is 6.08 Å². The molecule has 0 aliphatic carbocycles. The molecule has 0 unspecified atom stereocenters. The minimum Gasteiger partial charge on any atom is -0.378 e. The van der Waals surface area contributed by atoms with Crippen molar-refractivity contribution < 1.29 is 0 Å². The van der Waals surface area contributed by atoms with Crippen LogP contribution in [0, 0.1) is 62.6 Å². The number of nitrogens with zero attached hydrogens (tertiary/aromatic N) is 6. The topological polar surface area (TPSA) is 122 Å². The number of benzene rings is 1. The monoisotopic (exact) mass is 338 g/mol. The van der Waals surface area contributed by atoms with Crippen LogP contribution < -0.4 is 4.90 Å². The molecule has 1 aromatic carbocycles. The first-order valence-corrected chi connectivity index (χ1v) is 7.42. The van der Waals surface area contributed by atoms with Gasteiger partial charge in [-0.1, -0.05) is 24.3 Å². The van der Waals surface area contributed by atoms with E-state index >= 15 is 0 Å². The Balaban J connectivity index is 3.28. The third kappa shape index (κ3) is 4.84. The molecule has 0 bridgehead atoms. The smallest absolute Gasteiger partial charge is 0.161 e. The molecule has 6 heteroatoms. The van der Waals surface area contributed by atoms with E-state index in [0.29, 0.717) is 0 Å². The third-order valence-electron chi connectivity index (χ3n) is 3.41. The first-order valence-electron chi connectivity index (χ1n) is 7.42. The molecule has 124 valence electrons. The molecule has 6 nitrogen and oxygen atoms in total. The van der Waals surface area contributed by atoms with Gasteiger partial charge in [0.05, 0.1) is 23.8 Å². The highest BCUT2D eigenvalue weighted by molar-refractivity contribution is 5.61. The van der Waals surface area contributed by atoms with Crippen molar-refractivity contribution >= 4 is 11.8 Å². The summed E-state index contributed by atoms with van der Waals surface area (Å²) in [5.41, 5.74) is 1.26. The predicted octanol–water partition coefficient (Wildman–Crippen LogP) is 3.22. The maximum absolute atomic E-state index is 9.34. The third-order valence-corrected chi connectivity index (χ3v) is 3.41. The summed E-state index contributed by atoms with van der Waals surface area (Å²) in [5.74, 6) is -1.37. The van der Waals surface area contributed by atoms with Crippen LogP contribution in [-0.2, 0) is 0 Å². The van der Waals surface area contributed by atoms with Crippen LogP contribution in [0.2, 0.25) is 0 Å². The Kier molecular flexibility index (Phi) is 7.40. The van der Waals surface area contributed by atoms with E-state index in [1.807, 2.05) is 49.3 Å². The van der Waals surface area contributed by atoms with E-state index in [0.717, 1.165) is 11.3 Å². The minimum atomic E-state index is -1.37. The van der Waals surface area contributed by atoms with E-state index in [4.69, 9.17) is 21.0 Å². The molecule has 0 heterocycles. The summed E-state index contributed by atoms with van der Waals surface area (Å²) in [6.45, 7) is 0. The Labute approximate surface area is 152 Å². The van der Waals surface area contributed by atoms with Crippen molar-refractivity contribution in [2.45, 2.75) is 0 Å². The molecular weight excluding hydrogens is 324 g/mol. The molecule has 0 atom stereocenters. The predicted molar refractivity (Wildman–Crippen MR) is 96.5 cm³/mol. The average Bonchev–Trinajstić information content (AvgIpc) is 2.66. The van der Waals surface area contributed by atoms with E-state index in [2.05, 4.69) is 0 Å². The summed E-state index contributed by atoms with van der Waals surface area (Å²) in [4.78, 5) is 1.97. The zero-order chi connectivity index (χ0) is 19.5. The van der Waals surface area contributed by atoms with E-state index in [-0.39, 0.29) is 11.1 Å². The number of anilines is 1. The van der Waals surface area contributed by atoms with Crippen LogP contribution in [0.4, 0.5) is 5.69 Å². The van der Waals surface area contributed by atoms with Crippen LogP contribution in [-0.4, -0.2) is 14.1 Å². The molecule has 1 aromatic rings. The summed E-state index contributed by atoms with van der Waals surface area (Å²) in [7, 11) is 3.87. The molecule has 0 aromatic heterocycles. The second kappa shape index (κ2) is 9.75. The SMILES string of the molecule is CN(C)c1ccc(/C=C/C=C(\C#N)C(=C(C#N)C#N)C(C#N)C#N)cc1.